The second-order valence-corrected chi connectivity index (χ2v) is 6.86. The van der Waals surface area contributed by atoms with Crippen molar-refractivity contribution in [2.24, 2.45) is 17.8 Å². The fourth-order valence-corrected chi connectivity index (χ4v) is 4.19. The highest BCUT2D eigenvalue weighted by atomic mass is 35.5. The first-order valence-corrected chi connectivity index (χ1v) is 7.89. The van der Waals surface area contributed by atoms with E-state index >= 15 is 0 Å². The molecule has 2 aliphatic rings. The van der Waals surface area contributed by atoms with Gasteiger partial charge in [-0.25, -0.2) is 0 Å². The standard InChI is InChI=1S/C15H22ClN3O/c1-9(13-6-11-3-4-12(13)5-11)17-15(20)8-19-7-14(16)10(2)18-19/h7,9,11-13H,3-6,8H2,1-2H3,(H,17,20)/t9-,11-,12-,13-/m0/s1. The predicted molar refractivity (Wildman–Crippen MR) is 78.5 cm³/mol. The Morgan fingerprint density at radius 2 is 2.35 bits per heavy atom. The van der Waals surface area contributed by atoms with Crippen LogP contribution in [-0.4, -0.2) is 21.7 Å². The number of rotatable bonds is 4. The number of hydrogen-bond donors (Lipinski definition) is 1. The summed E-state index contributed by atoms with van der Waals surface area (Å²) in [4.78, 5) is 12.1. The SMILES string of the molecule is Cc1nn(CC(=O)N[C@@H](C)[C@@H]2C[C@H]3CC[C@H]2C3)cc1Cl. The largest absolute Gasteiger partial charge is 0.352 e. The minimum atomic E-state index is 0.0273. The van der Waals surface area contributed by atoms with Gasteiger partial charge in [-0.2, -0.15) is 5.10 Å². The Kier molecular flexibility index (Phi) is 3.76. The molecule has 0 radical (unpaired) electrons. The number of aromatic nitrogens is 2. The molecular weight excluding hydrogens is 274 g/mol. The molecule has 3 rings (SSSR count). The molecule has 2 fully saturated rings. The molecule has 0 unspecified atom stereocenters. The van der Waals surface area contributed by atoms with Gasteiger partial charge in [-0.05, 0) is 50.9 Å². The topological polar surface area (TPSA) is 46.9 Å². The fourth-order valence-electron chi connectivity index (χ4n) is 4.03. The van der Waals surface area contributed by atoms with Gasteiger partial charge < -0.3 is 5.32 Å². The van der Waals surface area contributed by atoms with Crippen molar-refractivity contribution >= 4 is 17.5 Å². The molecule has 1 aromatic heterocycles. The van der Waals surface area contributed by atoms with Gasteiger partial charge in [0.25, 0.3) is 0 Å². The number of fused-ring (bicyclic) bond motifs is 2. The van der Waals surface area contributed by atoms with Crippen molar-refractivity contribution in [3.63, 3.8) is 0 Å². The van der Waals surface area contributed by atoms with Crippen molar-refractivity contribution in [3.05, 3.63) is 16.9 Å². The molecule has 5 heteroatoms. The van der Waals surface area contributed by atoms with Crippen molar-refractivity contribution in [2.75, 3.05) is 0 Å². The molecule has 0 aliphatic heterocycles. The number of carbonyl (C=O) groups excluding carboxylic acids is 1. The fraction of sp³-hybridized carbons (Fsp3) is 0.733. The second-order valence-electron chi connectivity index (χ2n) is 6.45. The summed E-state index contributed by atoms with van der Waals surface area (Å²) < 4.78 is 1.61. The highest BCUT2D eigenvalue weighted by Gasteiger charge is 2.42. The van der Waals surface area contributed by atoms with E-state index in [2.05, 4.69) is 17.3 Å². The first-order valence-electron chi connectivity index (χ1n) is 7.52. The van der Waals surface area contributed by atoms with Crippen LogP contribution in [0.3, 0.4) is 0 Å². The minimum Gasteiger partial charge on any atom is -0.352 e. The summed E-state index contributed by atoms with van der Waals surface area (Å²) in [6.07, 6.45) is 7.12. The van der Waals surface area contributed by atoms with Gasteiger partial charge in [-0.3, -0.25) is 9.48 Å². The summed E-state index contributed by atoms with van der Waals surface area (Å²) in [5.41, 5.74) is 0.764. The lowest BCUT2D eigenvalue weighted by atomic mass is 9.84. The van der Waals surface area contributed by atoms with E-state index in [1.54, 1.807) is 10.9 Å². The third kappa shape index (κ3) is 2.71. The predicted octanol–water partition coefficient (Wildman–Crippen LogP) is 2.79. The van der Waals surface area contributed by atoms with Crippen LogP contribution in [0.4, 0.5) is 0 Å². The van der Waals surface area contributed by atoms with Crippen LogP contribution in [0.5, 0.6) is 0 Å². The molecule has 2 bridgehead atoms. The molecule has 0 spiro atoms. The van der Waals surface area contributed by atoms with Crippen molar-refractivity contribution in [2.45, 2.75) is 52.1 Å². The monoisotopic (exact) mass is 295 g/mol. The molecule has 1 amide bonds. The van der Waals surface area contributed by atoms with Gasteiger partial charge in [0.2, 0.25) is 5.91 Å². The summed E-state index contributed by atoms with van der Waals surface area (Å²) in [6.45, 7) is 4.23. The molecule has 1 N–H and O–H groups in total. The lowest BCUT2D eigenvalue weighted by Gasteiger charge is -2.28. The van der Waals surface area contributed by atoms with Gasteiger partial charge in [0.1, 0.15) is 6.54 Å². The number of aryl methyl sites for hydroxylation is 1. The molecule has 0 saturated heterocycles. The van der Waals surface area contributed by atoms with Gasteiger partial charge in [-0.1, -0.05) is 18.0 Å². The summed E-state index contributed by atoms with van der Waals surface area (Å²) in [5.74, 6) is 2.44. The maximum Gasteiger partial charge on any atom is 0.241 e. The van der Waals surface area contributed by atoms with E-state index < -0.39 is 0 Å². The maximum atomic E-state index is 12.1. The smallest absolute Gasteiger partial charge is 0.241 e. The number of hydrogen-bond acceptors (Lipinski definition) is 2. The van der Waals surface area contributed by atoms with Crippen LogP contribution in [0.15, 0.2) is 6.20 Å². The number of nitrogens with zero attached hydrogens (tertiary/aromatic N) is 2. The van der Waals surface area contributed by atoms with Gasteiger partial charge in [-0.15, -0.1) is 0 Å². The normalized spacial score (nSPS) is 29.6. The summed E-state index contributed by atoms with van der Waals surface area (Å²) in [6, 6.07) is 0.268. The van der Waals surface area contributed by atoms with Crippen molar-refractivity contribution in [1.82, 2.24) is 15.1 Å². The second kappa shape index (κ2) is 5.40. The van der Waals surface area contributed by atoms with Crippen LogP contribution in [0.2, 0.25) is 5.02 Å². The Hall–Kier alpha value is -1.03. The number of halogens is 1. The minimum absolute atomic E-state index is 0.0273. The molecular formula is C15H22ClN3O. The highest BCUT2D eigenvalue weighted by Crippen LogP contribution is 2.49. The third-order valence-electron chi connectivity index (χ3n) is 5.02. The zero-order valence-corrected chi connectivity index (χ0v) is 12.9. The van der Waals surface area contributed by atoms with Crippen molar-refractivity contribution in [1.29, 1.82) is 0 Å². The van der Waals surface area contributed by atoms with E-state index in [1.807, 2.05) is 6.92 Å². The van der Waals surface area contributed by atoms with Crippen LogP contribution >= 0.6 is 11.6 Å². The molecule has 1 heterocycles. The average Bonchev–Trinajstić information content (AvgIpc) is 3.06. The first kappa shape index (κ1) is 13.9. The molecule has 4 nitrogen and oxygen atoms in total. The van der Waals surface area contributed by atoms with E-state index in [4.69, 9.17) is 11.6 Å². The number of carbonyl (C=O) groups is 1. The van der Waals surface area contributed by atoms with E-state index in [-0.39, 0.29) is 18.5 Å². The molecule has 20 heavy (non-hydrogen) atoms. The van der Waals surface area contributed by atoms with Gasteiger partial charge in [0.15, 0.2) is 0 Å². The summed E-state index contributed by atoms with van der Waals surface area (Å²) >= 11 is 5.95. The van der Waals surface area contributed by atoms with Crippen LogP contribution in [0, 0.1) is 24.7 Å². The Balaban J connectivity index is 1.53. The molecule has 2 aliphatic carbocycles. The Labute approximate surface area is 124 Å². The van der Waals surface area contributed by atoms with Crippen LogP contribution in [0.1, 0.15) is 38.3 Å². The Morgan fingerprint density at radius 3 is 2.90 bits per heavy atom. The lowest BCUT2D eigenvalue weighted by Crippen LogP contribution is -2.41. The van der Waals surface area contributed by atoms with Crippen molar-refractivity contribution in [3.8, 4) is 0 Å². The van der Waals surface area contributed by atoms with E-state index in [1.165, 1.54) is 25.7 Å². The number of amides is 1. The van der Waals surface area contributed by atoms with E-state index in [0.717, 1.165) is 17.5 Å². The Bertz CT molecular complexity index is 494. The maximum absolute atomic E-state index is 12.1. The highest BCUT2D eigenvalue weighted by molar-refractivity contribution is 6.31. The summed E-state index contributed by atoms with van der Waals surface area (Å²) in [5, 5.41) is 7.97. The molecule has 4 atom stereocenters. The first-order chi connectivity index (χ1) is 9.52. The zero-order chi connectivity index (χ0) is 14.3. The third-order valence-corrected chi connectivity index (χ3v) is 5.39. The molecule has 2 saturated carbocycles. The van der Waals surface area contributed by atoms with Crippen LogP contribution in [-0.2, 0) is 11.3 Å². The van der Waals surface area contributed by atoms with Gasteiger partial charge in [0.05, 0.1) is 10.7 Å². The molecule has 110 valence electrons. The molecule has 1 aromatic rings. The quantitative estimate of drug-likeness (QED) is 0.928. The molecule has 0 aromatic carbocycles. The average molecular weight is 296 g/mol. The van der Waals surface area contributed by atoms with Crippen LogP contribution < -0.4 is 5.32 Å². The van der Waals surface area contributed by atoms with Crippen LogP contribution in [0.25, 0.3) is 0 Å². The zero-order valence-electron chi connectivity index (χ0n) is 12.1. The van der Waals surface area contributed by atoms with Gasteiger partial charge in [0, 0.05) is 12.2 Å². The van der Waals surface area contributed by atoms with Crippen molar-refractivity contribution < 1.29 is 4.79 Å². The Morgan fingerprint density at radius 1 is 1.55 bits per heavy atom. The lowest BCUT2D eigenvalue weighted by molar-refractivity contribution is -0.122. The number of nitrogens with one attached hydrogen (secondary N) is 1. The summed E-state index contributed by atoms with van der Waals surface area (Å²) in [7, 11) is 0. The van der Waals surface area contributed by atoms with Gasteiger partial charge >= 0.3 is 0 Å². The van der Waals surface area contributed by atoms with E-state index in [9.17, 15) is 4.79 Å². The van der Waals surface area contributed by atoms with E-state index in [0.29, 0.717) is 10.9 Å².